The Bertz CT molecular complexity index is 1240. The molecule has 0 fully saturated rings. The van der Waals surface area contributed by atoms with Crippen LogP contribution >= 0.6 is 12.2 Å². The molecule has 1 unspecified atom stereocenters. The van der Waals surface area contributed by atoms with Gasteiger partial charge >= 0.3 is 5.97 Å². The summed E-state index contributed by atoms with van der Waals surface area (Å²) >= 11 is 5.36. The first-order valence-electron chi connectivity index (χ1n) is 9.40. The molecule has 0 aliphatic rings. The van der Waals surface area contributed by atoms with E-state index in [9.17, 15) is 18.3 Å². The minimum atomic E-state index is -3.84. The molecule has 9 nitrogen and oxygen atoms in total. The minimum absolute atomic E-state index is 0.0881. The van der Waals surface area contributed by atoms with Crippen molar-refractivity contribution in [2.75, 3.05) is 11.9 Å². The lowest BCUT2D eigenvalue weighted by Gasteiger charge is -2.18. The summed E-state index contributed by atoms with van der Waals surface area (Å²) in [5.41, 5.74) is 2.44. The average Bonchev–Trinajstić information content (AvgIpc) is 3.05. The Kier molecular flexibility index (Phi) is 6.58. The van der Waals surface area contributed by atoms with Crippen molar-refractivity contribution in [2.45, 2.75) is 31.1 Å². The number of aromatic nitrogens is 3. The van der Waals surface area contributed by atoms with E-state index >= 15 is 0 Å². The number of nitrogens with zero attached hydrogens (tertiary/aromatic N) is 2. The number of anilines is 1. The Balaban J connectivity index is 1.93. The number of H-pyrrole nitrogens is 1. The Hall–Kier alpha value is -3.02. The number of hydrogen-bond acceptors (Lipinski definition) is 6. The number of carboxylic acids is 1. The summed E-state index contributed by atoms with van der Waals surface area (Å²) in [5.74, 6) is -0.998. The van der Waals surface area contributed by atoms with Gasteiger partial charge in [0.25, 0.3) is 0 Å². The predicted octanol–water partition coefficient (Wildman–Crippen LogP) is 2.86. The molecule has 0 radical (unpaired) electrons. The number of nitrogens with two attached hydrogens (primary N) is 1. The van der Waals surface area contributed by atoms with Gasteiger partial charge in [0, 0.05) is 23.8 Å². The van der Waals surface area contributed by atoms with Crippen LogP contribution in [0.4, 0.5) is 5.69 Å². The number of hydrogen-bond donors (Lipinski definition) is 4. The summed E-state index contributed by atoms with van der Waals surface area (Å²) in [4.78, 5) is 11.6. The number of rotatable bonds is 8. The maximum Gasteiger partial charge on any atom is 0.304 e. The molecule has 5 N–H and O–H groups in total. The van der Waals surface area contributed by atoms with Gasteiger partial charge in [-0.25, -0.2) is 13.6 Å². The second-order valence-electron chi connectivity index (χ2n) is 7.22. The number of aromatic amines is 1. The first kappa shape index (κ1) is 22.7. The number of sulfonamides is 1. The molecule has 0 amide bonds. The van der Waals surface area contributed by atoms with Crippen molar-refractivity contribution in [2.24, 2.45) is 5.14 Å². The molecular weight excluding hydrogens is 438 g/mol. The van der Waals surface area contributed by atoms with Gasteiger partial charge < -0.3 is 10.4 Å². The fourth-order valence-electron chi connectivity index (χ4n) is 3.62. The summed E-state index contributed by atoms with van der Waals surface area (Å²) in [7, 11) is -3.84. The number of para-hydroxylation sites is 1. The van der Waals surface area contributed by atoms with Crippen LogP contribution in [0.5, 0.6) is 0 Å². The minimum Gasteiger partial charge on any atom is -0.481 e. The maximum atomic E-state index is 11.8. The van der Waals surface area contributed by atoms with Crippen molar-refractivity contribution in [1.82, 2.24) is 14.8 Å². The van der Waals surface area contributed by atoms with Crippen LogP contribution in [0.3, 0.4) is 0 Å². The molecule has 0 bridgehead atoms. The fraction of sp³-hybridized carbons (Fsp3) is 0.250. The van der Waals surface area contributed by atoms with Gasteiger partial charge in [0.2, 0.25) is 10.0 Å². The SMILES string of the molecule is Cc1cc(NCC(CC(=O)O)c2n[nH]c(=S)n2-c2ccccc2)cc(C)c1S(N)(=O)=O. The molecule has 0 aliphatic carbocycles. The first-order chi connectivity index (χ1) is 14.6. The van der Waals surface area contributed by atoms with Gasteiger partial charge in [0.1, 0.15) is 5.82 Å². The number of aryl methyl sites for hydroxylation is 2. The Morgan fingerprint density at radius 1 is 1.26 bits per heavy atom. The van der Waals surface area contributed by atoms with Crippen molar-refractivity contribution in [3.63, 3.8) is 0 Å². The topological polar surface area (TPSA) is 143 Å². The van der Waals surface area contributed by atoms with Crippen LogP contribution in [0.1, 0.15) is 29.3 Å². The van der Waals surface area contributed by atoms with Crippen molar-refractivity contribution < 1.29 is 18.3 Å². The lowest BCUT2D eigenvalue weighted by Crippen LogP contribution is -2.20. The first-order valence-corrected chi connectivity index (χ1v) is 11.4. The largest absolute Gasteiger partial charge is 0.481 e. The summed E-state index contributed by atoms with van der Waals surface area (Å²) in [5, 5.41) is 25.0. The molecule has 1 aromatic heterocycles. The molecule has 0 saturated heterocycles. The molecule has 11 heteroatoms. The lowest BCUT2D eigenvalue weighted by atomic mass is 10.0. The van der Waals surface area contributed by atoms with Crippen molar-refractivity contribution in [1.29, 1.82) is 0 Å². The van der Waals surface area contributed by atoms with Crippen LogP contribution < -0.4 is 10.5 Å². The number of carbonyl (C=O) groups is 1. The Morgan fingerprint density at radius 3 is 2.42 bits per heavy atom. The number of aliphatic carboxylic acids is 1. The second-order valence-corrected chi connectivity index (χ2v) is 9.10. The van der Waals surface area contributed by atoms with E-state index in [1.54, 1.807) is 30.5 Å². The van der Waals surface area contributed by atoms with Crippen LogP contribution in [0.25, 0.3) is 5.69 Å². The van der Waals surface area contributed by atoms with Crippen LogP contribution in [-0.2, 0) is 14.8 Å². The van der Waals surface area contributed by atoms with E-state index < -0.39 is 21.9 Å². The third-order valence-electron chi connectivity index (χ3n) is 4.80. The standard InChI is InChI=1S/C20H23N5O4S2/c1-12-8-15(9-13(2)18(12)31(21,28)29)22-11-14(10-17(26)27)19-23-24-20(30)25(19)16-6-4-3-5-7-16/h3-9,14,22H,10-11H2,1-2H3,(H,24,30)(H,26,27)(H2,21,28,29). The summed E-state index contributed by atoms with van der Waals surface area (Å²) in [6, 6.07) is 12.6. The van der Waals surface area contributed by atoms with Crippen molar-refractivity contribution in [3.8, 4) is 5.69 Å². The maximum absolute atomic E-state index is 11.8. The van der Waals surface area contributed by atoms with Crippen LogP contribution in [0.2, 0.25) is 0 Å². The van der Waals surface area contributed by atoms with E-state index in [4.69, 9.17) is 17.4 Å². The average molecular weight is 462 g/mol. The zero-order chi connectivity index (χ0) is 22.8. The lowest BCUT2D eigenvalue weighted by molar-refractivity contribution is -0.137. The predicted molar refractivity (Wildman–Crippen MR) is 120 cm³/mol. The van der Waals surface area contributed by atoms with Crippen LogP contribution in [0.15, 0.2) is 47.4 Å². The van der Waals surface area contributed by atoms with Gasteiger partial charge in [-0.05, 0) is 61.5 Å². The third-order valence-corrected chi connectivity index (χ3v) is 6.28. The normalized spacial score (nSPS) is 12.5. The van der Waals surface area contributed by atoms with Crippen molar-refractivity contribution >= 4 is 33.9 Å². The number of nitrogens with one attached hydrogen (secondary N) is 2. The van der Waals surface area contributed by atoms with Gasteiger partial charge in [-0.3, -0.25) is 14.5 Å². The van der Waals surface area contributed by atoms with Gasteiger partial charge in [0.15, 0.2) is 4.77 Å². The smallest absolute Gasteiger partial charge is 0.304 e. The molecule has 2 aromatic carbocycles. The summed E-state index contributed by atoms with van der Waals surface area (Å²) < 4.78 is 25.7. The number of benzene rings is 2. The monoisotopic (exact) mass is 461 g/mol. The van der Waals surface area contributed by atoms with E-state index in [-0.39, 0.29) is 17.9 Å². The highest BCUT2D eigenvalue weighted by molar-refractivity contribution is 7.89. The molecule has 0 aliphatic heterocycles. The van der Waals surface area contributed by atoms with E-state index in [1.165, 1.54) is 0 Å². The molecule has 3 aromatic rings. The Morgan fingerprint density at radius 2 is 1.87 bits per heavy atom. The number of carboxylic acid groups (broad SMARTS) is 1. The molecule has 0 spiro atoms. The Labute approximate surface area is 185 Å². The van der Waals surface area contributed by atoms with Crippen molar-refractivity contribution in [3.05, 3.63) is 64.2 Å². The van der Waals surface area contributed by atoms with Gasteiger partial charge in [-0.15, -0.1) is 0 Å². The summed E-state index contributed by atoms with van der Waals surface area (Å²) in [6.07, 6.45) is -0.174. The van der Waals surface area contributed by atoms with Gasteiger partial charge in [-0.1, -0.05) is 18.2 Å². The highest BCUT2D eigenvalue weighted by Crippen LogP contribution is 2.26. The van der Waals surface area contributed by atoms with Gasteiger partial charge in [0.05, 0.1) is 11.3 Å². The fourth-order valence-corrected chi connectivity index (χ4v) is 4.88. The van der Waals surface area contributed by atoms with Crippen LogP contribution in [0, 0.1) is 18.6 Å². The van der Waals surface area contributed by atoms with E-state index in [2.05, 4.69) is 15.5 Å². The number of primary sulfonamides is 1. The van der Waals surface area contributed by atoms with Crippen LogP contribution in [-0.4, -0.2) is 40.8 Å². The molecule has 164 valence electrons. The zero-order valence-corrected chi connectivity index (χ0v) is 18.6. The van der Waals surface area contributed by atoms with E-state index in [0.29, 0.717) is 27.4 Å². The van der Waals surface area contributed by atoms with E-state index in [1.807, 2.05) is 30.3 Å². The molecule has 3 rings (SSSR count). The molecule has 0 saturated carbocycles. The molecule has 1 atom stereocenters. The molecule has 1 heterocycles. The molecular formula is C20H23N5O4S2. The third kappa shape index (κ3) is 5.19. The quantitative estimate of drug-likeness (QED) is 0.378. The summed E-state index contributed by atoms with van der Waals surface area (Å²) in [6.45, 7) is 3.56. The highest BCUT2D eigenvalue weighted by Gasteiger charge is 2.23. The van der Waals surface area contributed by atoms with E-state index in [0.717, 1.165) is 5.69 Å². The zero-order valence-electron chi connectivity index (χ0n) is 17.0. The highest BCUT2D eigenvalue weighted by atomic mass is 32.2. The van der Waals surface area contributed by atoms with Gasteiger partial charge in [-0.2, -0.15) is 5.10 Å². The molecule has 31 heavy (non-hydrogen) atoms. The second kappa shape index (κ2) is 9.00.